The molecule has 1 aromatic rings. The number of amides is 1. The Morgan fingerprint density at radius 3 is 2.60 bits per heavy atom. The van der Waals surface area contributed by atoms with Crippen molar-refractivity contribution in [3.05, 3.63) is 29.8 Å². The fourth-order valence-electron chi connectivity index (χ4n) is 2.94. The summed E-state index contributed by atoms with van der Waals surface area (Å²) in [5, 5.41) is 6.23. The van der Waals surface area contributed by atoms with Crippen LogP contribution < -0.4 is 10.6 Å². The van der Waals surface area contributed by atoms with Crippen LogP contribution in [0.2, 0.25) is 0 Å². The number of sulfone groups is 1. The molecule has 2 aliphatic rings. The zero-order valence-corrected chi connectivity index (χ0v) is 12.1. The van der Waals surface area contributed by atoms with E-state index in [9.17, 15) is 13.2 Å². The molecule has 5 nitrogen and oxygen atoms in total. The van der Waals surface area contributed by atoms with Gasteiger partial charge in [0.25, 0.3) is 5.91 Å². The minimum absolute atomic E-state index is 0.00408. The molecule has 2 fully saturated rings. The summed E-state index contributed by atoms with van der Waals surface area (Å²) >= 11 is 0. The Morgan fingerprint density at radius 2 is 1.95 bits per heavy atom. The van der Waals surface area contributed by atoms with Crippen molar-refractivity contribution in [2.24, 2.45) is 11.8 Å². The van der Waals surface area contributed by atoms with Crippen LogP contribution >= 0.6 is 0 Å². The van der Waals surface area contributed by atoms with E-state index >= 15 is 0 Å². The third-order valence-electron chi connectivity index (χ3n) is 4.24. The first-order chi connectivity index (χ1) is 9.54. The minimum Gasteiger partial charge on any atom is -0.349 e. The Bertz CT molecular complexity index is 632. The van der Waals surface area contributed by atoms with Crippen LogP contribution in [-0.4, -0.2) is 39.2 Å². The number of carbonyl (C=O) groups excluding carboxylic acids is 1. The number of fused-ring (bicyclic) bond motifs is 1. The van der Waals surface area contributed by atoms with Crippen molar-refractivity contribution in [2.75, 3.05) is 18.8 Å². The van der Waals surface area contributed by atoms with Gasteiger partial charge in [0.05, 0.1) is 16.2 Å². The average molecular weight is 294 g/mol. The molecule has 1 heterocycles. The van der Waals surface area contributed by atoms with Crippen LogP contribution in [0.4, 0.5) is 0 Å². The van der Waals surface area contributed by atoms with Crippen LogP contribution in [0.3, 0.4) is 0 Å². The minimum atomic E-state index is -3.38. The van der Waals surface area contributed by atoms with Crippen molar-refractivity contribution in [3.8, 4) is 0 Å². The first-order valence-electron chi connectivity index (χ1n) is 6.88. The van der Waals surface area contributed by atoms with Gasteiger partial charge in [-0.25, -0.2) is 8.42 Å². The highest BCUT2D eigenvalue weighted by Crippen LogP contribution is 2.41. The first-order valence-corrected chi connectivity index (χ1v) is 8.53. The molecule has 3 rings (SSSR count). The molecule has 20 heavy (non-hydrogen) atoms. The van der Waals surface area contributed by atoms with E-state index < -0.39 is 9.84 Å². The van der Waals surface area contributed by atoms with Crippen molar-refractivity contribution in [3.63, 3.8) is 0 Å². The third-order valence-corrected chi connectivity index (χ3v) is 6.02. The Balaban J connectivity index is 1.82. The van der Waals surface area contributed by atoms with Crippen molar-refractivity contribution in [2.45, 2.75) is 17.9 Å². The molecular formula is C14H18N2O3S. The molecule has 1 aromatic carbocycles. The van der Waals surface area contributed by atoms with E-state index in [1.165, 1.54) is 6.07 Å². The fourth-order valence-corrected chi connectivity index (χ4v) is 4.04. The van der Waals surface area contributed by atoms with Crippen molar-refractivity contribution in [1.82, 2.24) is 10.6 Å². The number of rotatable bonds is 4. The van der Waals surface area contributed by atoms with Gasteiger partial charge in [-0.2, -0.15) is 0 Å². The monoisotopic (exact) mass is 294 g/mol. The van der Waals surface area contributed by atoms with Gasteiger partial charge in [0, 0.05) is 19.1 Å². The fraction of sp³-hybridized carbons (Fsp3) is 0.500. The maximum Gasteiger partial charge on any atom is 0.252 e. The number of hydrogen-bond donors (Lipinski definition) is 2. The molecule has 0 radical (unpaired) electrons. The van der Waals surface area contributed by atoms with E-state index in [0.29, 0.717) is 11.8 Å². The lowest BCUT2D eigenvalue weighted by atomic mass is 10.2. The zero-order chi connectivity index (χ0) is 14.3. The second kappa shape index (κ2) is 4.86. The zero-order valence-electron chi connectivity index (χ0n) is 11.3. The number of benzene rings is 1. The highest BCUT2D eigenvalue weighted by Gasteiger charge is 2.53. The molecule has 3 atom stereocenters. The lowest BCUT2D eigenvalue weighted by molar-refractivity contribution is 0.0943. The topological polar surface area (TPSA) is 75.3 Å². The van der Waals surface area contributed by atoms with Gasteiger partial charge in [0.1, 0.15) is 0 Å². The average Bonchev–Trinajstić information content (AvgIpc) is 2.89. The van der Waals surface area contributed by atoms with Crippen molar-refractivity contribution in [1.29, 1.82) is 0 Å². The summed E-state index contributed by atoms with van der Waals surface area (Å²) in [5.41, 5.74) is 0.257. The maximum absolute atomic E-state index is 12.3. The summed E-state index contributed by atoms with van der Waals surface area (Å²) in [4.78, 5) is 12.4. The van der Waals surface area contributed by atoms with E-state index in [2.05, 4.69) is 10.6 Å². The number of nitrogens with one attached hydrogen (secondary N) is 2. The second-order valence-electron chi connectivity index (χ2n) is 5.38. The predicted molar refractivity (Wildman–Crippen MR) is 75.3 cm³/mol. The summed E-state index contributed by atoms with van der Waals surface area (Å²) in [5.74, 6) is 0.732. The maximum atomic E-state index is 12.3. The largest absolute Gasteiger partial charge is 0.349 e. The molecule has 108 valence electrons. The number of carbonyl (C=O) groups is 1. The summed E-state index contributed by atoms with van der Waals surface area (Å²) in [6, 6.07) is 6.62. The molecular weight excluding hydrogens is 276 g/mol. The Hall–Kier alpha value is -1.40. The SMILES string of the molecule is CCS(=O)(=O)c1ccccc1C(=O)NC1[C@H]2CNC[C@@H]12. The van der Waals surface area contributed by atoms with Gasteiger partial charge in [0.2, 0.25) is 0 Å². The normalized spacial score (nSPS) is 27.9. The predicted octanol–water partition coefficient (Wildman–Crippen LogP) is 0.428. The van der Waals surface area contributed by atoms with Gasteiger partial charge < -0.3 is 10.6 Å². The molecule has 1 saturated heterocycles. The van der Waals surface area contributed by atoms with Crippen LogP contribution in [0.15, 0.2) is 29.2 Å². The summed E-state index contributed by atoms with van der Waals surface area (Å²) in [7, 11) is -3.38. The Morgan fingerprint density at radius 1 is 1.30 bits per heavy atom. The standard InChI is InChI=1S/C14H18N2O3S/c1-2-20(18,19)12-6-4-3-5-9(12)14(17)16-13-10-7-15-8-11(10)13/h3-6,10-11,13,15H,2,7-8H2,1H3,(H,16,17)/t10-,11+,13?. The lowest BCUT2D eigenvalue weighted by Crippen LogP contribution is -2.33. The Labute approximate surface area is 118 Å². The van der Waals surface area contributed by atoms with E-state index in [-0.39, 0.29) is 28.2 Å². The van der Waals surface area contributed by atoms with Gasteiger partial charge in [-0.15, -0.1) is 0 Å². The molecule has 1 aliphatic heterocycles. The van der Waals surface area contributed by atoms with E-state index in [4.69, 9.17) is 0 Å². The number of hydrogen-bond acceptors (Lipinski definition) is 4. The van der Waals surface area contributed by atoms with Crippen LogP contribution in [0.1, 0.15) is 17.3 Å². The second-order valence-corrected chi connectivity index (χ2v) is 7.63. The van der Waals surface area contributed by atoms with Gasteiger partial charge in [-0.05, 0) is 24.0 Å². The third kappa shape index (κ3) is 2.23. The lowest BCUT2D eigenvalue weighted by Gasteiger charge is -2.11. The van der Waals surface area contributed by atoms with Gasteiger partial charge in [-0.1, -0.05) is 19.1 Å². The van der Waals surface area contributed by atoms with Crippen LogP contribution in [0.25, 0.3) is 0 Å². The Kier molecular flexibility index (Phi) is 3.30. The molecule has 0 spiro atoms. The smallest absolute Gasteiger partial charge is 0.252 e. The molecule has 6 heteroatoms. The van der Waals surface area contributed by atoms with E-state index in [1.54, 1.807) is 25.1 Å². The van der Waals surface area contributed by atoms with Crippen molar-refractivity contribution < 1.29 is 13.2 Å². The van der Waals surface area contributed by atoms with Gasteiger partial charge in [0.15, 0.2) is 9.84 Å². The molecule has 0 bridgehead atoms. The summed E-state index contributed by atoms with van der Waals surface area (Å²) in [6.45, 7) is 3.45. The molecule has 1 aliphatic carbocycles. The molecule has 1 saturated carbocycles. The van der Waals surface area contributed by atoms with Gasteiger partial charge in [-0.3, -0.25) is 4.79 Å². The van der Waals surface area contributed by atoms with Crippen LogP contribution in [0, 0.1) is 11.8 Å². The summed E-state index contributed by atoms with van der Waals surface area (Å²) < 4.78 is 24.1. The summed E-state index contributed by atoms with van der Waals surface area (Å²) in [6.07, 6.45) is 0. The van der Waals surface area contributed by atoms with Crippen LogP contribution in [-0.2, 0) is 9.84 Å². The molecule has 1 unspecified atom stereocenters. The van der Waals surface area contributed by atoms with Gasteiger partial charge >= 0.3 is 0 Å². The van der Waals surface area contributed by atoms with Crippen molar-refractivity contribution >= 4 is 15.7 Å². The highest BCUT2D eigenvalue weighted by molar-refractivity contribution is 7.91. The first kappa shape index (κ1) is 13.6. The molecule has 1 amide bonds. The quantitative estimate of drug-likeness (QED) is 0.844. The molecule has 2 N–H and O–H groups in total. The highest BCUT2D eigenvalue weighted by atomic mass is 32.2. The van der Waals surface area contributed by atoms with E-state index in [0.717, 1.165) is 13.1 Å². The van der Waals surface area contributed by atoms with Crippen LogP contribution in [0.5, 0.6) is 0 Å². The molecule has 0 aromatic heterocycles. The number of piperidine rings is 1. The van der Waals surface area contributed by atoms with E-state index in [1.807, 2.05) is 0 Å².